The summed E-state index contributed by atoms with van der Waals surface area (Å²) in [6, 6.07) is 3.00. The molecule has 1 aliphatic carbocycles. The molecule has 1 nitrogen and oxygen atoms in total. The summed E-state index contributed by atoms with van der Waals surface area (Å²) in [5.41, 5.74) is 1.45. The third-order valence-electron chi connectivity index (χ3n) is 2.28. The van der Waals surface area contributed by atoms with E-state index < -0.39 is 11.9 Å². The maximum atomic E-state index is 13.0. The van der Waals surface area contributed by atoms with Gasteiger partial charge in [-0.15, -0.1) is 0 Å². The van der Waals surface area contributed by atoms with Crippen LogP contribution < -0.4 is 0 Å². The maximum absolute atomic E-state index is 13.0. The van der Waals surface area contributed by atoms with Crippen LogP contribution in [0.25, 0.3) is 0 Å². The Hall–Kier alpha value is -0.120. The van der Waals surface area contributed by atoms with E-state index >= 15 is 0 Å². The maximum Gasteiger partial charge on any atom is 0.142 e. The number of hydrogen-bond acceptors (Lipinski definition) is 1. The monoisotopic (exact) mass is 264 g/mol. The van der Waals surface area contributed by atoms with E-state index in [9.17, 15) is 9.50 Å². The first-order valence-corrected chi connectivity index (χ1v) is 5.19. The van der Waals surface area contributed by atoms with E-state index in [0.29, 0.717) is 12.0 Å². The highest BCUT2D eigenvalue weighted by Gasteiger charge is 2.31. The van der Waals surface area contributed by atoms with Crippen molar-refractivity contribution in [2.24, 2.45) is 0 Å². The van der Waals surface area contributed by atoms with Crippen LogP contribution in [0.3, 0.4) is 0 Å². The van der Waals surface area contributed by atoms with Crippen LogP contribution in [0.4, 0.5) is 4.39 Å². The molecule has 2 rings (SSSR count). The summed E-state index contributed by atoms with van der Waals surface area (Å²) in [6.07, 6.45) is -0.00514. The van der Waals surface area contributed by atoms with Crippen LogP contribution in [-0.2, 0) is 6.42 Å². The number of fused-ring (bicyclic) bond motifs is 1. The highest BCUT2D eigenvalue weighted by atomic mass is 79.9. The molecule has 1 aromatic rings. The Kier molecular flexibility index (Phi) is 2.34. The molecule has 0 heterocycles. The number of benzene rings is 1. The van der Waals surface area contributed by atoms with Crippen molar-refractivity contribution in [1.29, 1.82) is 0 Å². The first-order chi connectivity index (χ1) is 6.11. The third-order valence-corrected chi connectivity index (χ3v) is 3.48. The van der Waals surface area contributed by atoms with Gasteiger partial charge in [0.25, 0.3) is 0 Å². The molecule has 1 aromatic carbocycles. The van der Waals surface area contributed by atoms with E-state index in [1.807, 2.05) is 0 Å². The van der Waals surface area contributed by atoms with Crippen molar-refractivity contribution in [1.82, 2.24) is 0 Å². The molecule has 0 aromatic heterocycles. The van der Waals surface area contributed by atoms with Gasteiger partial charge < -0.3 is 5.11 Å². The van der Waals surface area contributed by atoms with E-state index in [1.165, 1.54) is 6.07 Å². The fourth-order valence-corrected chi connectivity index (χ4v) is 2.52. The van der Waals surface area contributed by atoms with Gasteiger partial charge in [-0.2, -0.15) is 0 Å². The van der Waals surface area contributed by atoms with E-state index in [4.69, 9.17) is 11.6 Å². The van der Waals surface area contributed by atoms with Crippen LogP contribution in [0.5, 0.6) is 0 Å². The van der Waals surface area contributed by atoms with Crippen LogP contribution in [0.15, 0.2) is 12.1 Å². The van der Waals surface area contributed by atoms with Gasteiger partial charge in [-0.05, 0) is 18.1 Å². The molecule has 0 saturated heterocycles. The predicted molar refractivity (Wildman–Crippen MR) is 52.8 cm³/mol. The quantitative estimate of drug-likeness (QED) is 0.715. The van der Waals surface area contributed by atoms with Crippen molar-refractivity contribution in [3.8, 4) is 0 Å². The molecule has 4 heteroatoms. The Balaban J connectivity index is 2.59. The lowest BCUT2D eigenvalue weighted by Crippen LogP contribution is -2.04. The summed E-state index contributed by atoms with van der Waals surface area (Å²) in [5.74, 6) is -0.471. The topological polar surface area (TPSA) is 20.2 Å². The van der Waals surface area contributed by atoms with Crippen LogP contribution in [0, 0.1) is 5.82 Å². The molecule has 0 amide bonds. The fraction of sp³-hybridized carbons (Fsp3) is 0.333. The predicted octanol–water partition coefficient (Wildman–Crippen LogP) is 2.83. The van der Waals surface area contributed by atoms with Gasteiger partial charge >= 0.3 is 0 Å². The second kappa shape index (κ2) is 3.23. The van der Waals surface area contributed by atoms with Gasteiger partial charge in [0.15, 0.2) is 0 Å². The number of halogens is 3. The van der Waals surface area contributed by atoms with Crippen LogP contribution >= 0.6 is 27.5 Å². The average Bonchev–Trinajstić information content (AvgIpc) is 2.37. The molecule has 0 spiro atoms. The van der Waals surface area contributed by atoms with Crippen molar-refractivity contribution in [3.05, 3.63) is 34.1 Å². The first kappa shape index (κ1) is 9.44. The molecule has 2 atom stereocenters. The molecular weight excluding hydrogens is 258 g/mol. The smallest absolute Gasteiger partial charge is 0.142 e. The number of hydrogen-bond donors (Lipinski definition) is 1. The van der Waals surface area contributed by atoms with Gasteiger partial charge in [0.2, 0.25) is 0 Å². The summed E-state index contributed by atoms with van der Waals surface area (Å²) in [7, 11) is 0. The first-order valence-electron chi connectivity index (χ1n) is 3.90. The molecule has 13 heavy (non-hydrogen) atoms. The van der Waals surface area contributed by atoms with Crippen molar-refractivity contribution in [2.45, 2.75) is 17.4 Å². The number of rotatable bonds is 0. The van der Waals surface area contributed by atoms with E-state index in [0.717, 1.165) is 5.56 Å². The second-order valence-electron chi connectivity index (χ2n) is 3.10. The Morgan fingerprint density at radius 1 is 1.54 bits per heavy atom. The molecule has 0 bridgehead atoms. The zero-order valence-electron chi connectivity index (χ0n) is 6.60. The van der Waals surface area contributed by atoms with E-state index in [2.05, 4.69) is 15.9 Å². The minimum Gasteiger partial charge on any atom is -0.387 e. The normalized spacial score (nSPS) is 26.2. The van der Waals surface area contributed by atoms with Crippen molar-refractivity contribution in [2.75, 3.05) is 0 Å². The summed E-state index contributed by atoms with van der Waals surface area (Å²) in [5, 5.41) is 9.71. The number of alkyl halides is 1. The Morgan fingerprint density at radius 2 is 2.23 bits per heavy atom. The lowest BCUT2D eigenvalue weighted by Gasteiger charge is -2.08. The van der Waals surface area contributed by atoms with Gasteiger partial charge in [0, 0.05) is 10.4 Å². The highest BCUT2D eigenvalue weighted by Crippen LogP contribution is 2.40. The Morgan fingerprint density at radius 3 is 2.92 bits per heavy atom. The minimum absolute atomic E-state index is 0.0481. The standard InChI is InChI=1S/C9H7BrClFO/c10-5-3-4-1-2-6(12)8(11)7(4)9(5)13/h1-2,5,9,13H,3H2. The summed E-state index contributed by atoms with van der Waals surface area (Å²) in [4.78, 5) is -0.0539. The molecule has 0 saturated carbocycles. The third kappa shape index (κ3) is 1.39. The minimum atomic E-state index is -0.696. The fourth-order valence-electron chi connectivity index (χ4n) is 1.61. The lowest BCUT2D eigenvalue weighted by molar-refractivity contribution is 0.187. The molecular formula is C9H7BrClFO. The average molecular weight is 266 g/mol. The van der Waals surface area contributed by atoms with Gasteiger partial charge in [0.05, 0.1) is 11.1 Å². The highest BCUT2D eigenvalue weighted by molar-refractivity contribution is 9.09. The molecule has 1 aliphatic rings. The van der Waals surface area contributed by atoms with Crippen LogP contribution in [0.2, 0.25) is 5.02 Å². The van der Waals surface area contributed by atoms with Crippen LogP contribution in [-0.4, -0.2) is 9.93 Å². The van der Waals surface area contributed by atoms with Crippen molar-refractivity contribution in [3.63, 3.8) is 0 Å². The molecule has 1 N–H and O–H groups in total. The van der Waals surface area contributed by atoms with E-state index in [-0.39, 0.29) is 9.85 Å². The van der Waals surface area contributed by atoms with Gasteiger partial charge in [-0.1, -0.05) is 33.6 Å². The summed E-state index contributed by atoms with van der Waals surface area (Å²) in [6.45, 7) is 0. The second-order valence-corrected chi connectivity index (χ2v) is 4.65. The molecule has 0 aliphatic heterocycles. The summed E-state index contributed by atoms with van der Waals surface area (Å²) >= 11 is 9.06. The van der Waals surface area contributed by atoms with Gasteiger partial charge in [-0.25, -0.2) is 4.39 Å². The van der Waals surface area contributed by atoms with Gasteiger partial charge in [0.1, 0.15) is 5.82 Å². The molecule has 0 fully saturated rings. The van der Waals surface area contributed by atoms with Crippen molar-refractivity contribution < 1.29 is 9.50 Å². The Bertz CT molecular complexity index is 356. The Labute approximate surface area is 88.7 Å². The lowest BCUT2D eigenvalue weighted by atomic mass is 10.1. The number of aliphatic hydroxyl groups is 1. The van der Waals surface area contributed by atoms with Crippen molar-refractivity contribution >= 4 is 27.5 Å². The van der Waals surface area contributed by atoms with Gasteiger partial charge in [-0.3, -0.25) is 0 Å². The summed E-state index contributed by atoms with van der Waals surface area (Å²) < 4.78 is 13.0. The van der Waals surface area contributed by atoms with E-state index in [1.54, 1.807) is 6.07 Å². The molecule has 0 radical (unpaired) electrons. The molecule has 70 valence electrons. The molecule has 2 unspecified atom stereocenters. The van der Waals surface area contributed by atoms with Crippen LogP contribution in [0.1, 0.15) is 17.2 Å². The SMILES string of the molecule is OC1c2c(ccc(F)c2Cl)CC1Br. The zero-order chi connectivity index (χ0) is 9.59. The number of aliphatic hydroxyl groups excluding tert-OH is 1. The zero-order valence-corrected chi connectivity index (χ0v) is 8.94. The largest absolute Gasteiger partial charge is 0.387 e.